The lowest BCUT2D eigenvalue weighted by molar-refractivity contribution is 0.102. The number of benzene rings is 2. The quantitative estimate of drug-likeness (QED) is 0.774. The number of nitrogens with one attached hydrogen (secondary N) is 1. The minimum atomic E-state index is -0.214. The van der Waals surface area contributed by atoms with Crippen molar-refractivity contribution in [1.82, 2.24) is 4.57 Å². The summed E-state index contributed by atoms with van der Waals surface area (Å²) in [5.74, 6) is -0.246. The van der Waals surface area contributed by atoms with Crippen molar-refractivity contribution in [3.8, 4) is 5.88 Å². The summed E-state index contributed by atoms with van der Waals surface area (Å²) in [6.07, 6.45) is 0. The van der Waals surface area contributed by atoms with Crippen molar-refractivity contribution in [1.29, 1.82) is 0 Å². The van der Waals surface area contributed by atoms with Crippen LogP contribution in [0.15, 0.2) is 64.8 Å². The molecular weight excluding hydrogens is 312 g/mol. The predicted octanol–water partition coefficient (Wildman–Crippen LogP) is 2.92. The third-order valence-corrected chi connectivity index (χ3v) is 4.10. The smallest absolute Gasteiger partial charge is 0.310 e. The van der Waals surface area contributed by atoms with Crippen LogP contribution in [0.25, 0.3) is 0 Å². The molecule has 0 saturated heterocycles. The Labute approximate surface area is 136 Å². The number of aromatic nitrogens is 1. The Morgan fingerprint density at radius 3 is 2.39 bits per heavy atom. The van der Waals surface area contributed by atoms with Gasteiger partial charge in [0.05, 0.1) is 11.9 Å². The van der Waals surface area contributed by atoms with Crippen molar-refractivity contribution >= 4 is 22.9 Å². The lowest BCUT2D eigenvalue weighted by Gasteiger charge is -2.07. The molecule has 3 rings (SSSR count). The molecule has 2 aromatic carbocycles. The summed E-state index contributed by atoms with van der Waals surface area (Å²) in [7, 11) is 0. The maximum absolute atomic E-state index is 12.1. The van der Waals surface area contributed by atoms with E-state index in [1.165, 1.54) is 9.95 Å². The van der Waals surface area contributed by atoms with Crippen LogP contribution in [-0.4, -0.2) is 15.6 Å². The van der Waals surface area contributed by atoms with Crippen LogP contribution in [0.5, 0.6) is 5.88 Å². The Hall–Kier alpha value is -2.86. The van der Waals surface area contributed by atoms with Gasteiger partial charge in [-0.25, -0.2) is 0 Å². The summed E-state index contributed by atoms with van der Waals surface area (Å²) in [6.45, 7) is 0.273. The number of carbonyl (C=O) groups is 1. The summed E-state index contributed by atoms with van der Waals surface area (Å²) in [6, 6.07) is 16.1. The molecule has 6 heteroatoms. The van der Waals surface area contributed by atoms with E-state index in [4.69, 9.17) is 0 Å². The monoisotopic (exact) mass is 326 g/mol. The first-order chi connectivity index (χ1) is 11.1. The molecule has 5 nitrogen and oxygen atoms in total. The normalized spacial score (nSPS) is 10.4. The largest absolute Gasteiger partial charge is 0.494 e. The molecule has 0 spiro atoms. The maximum atomic E-state index is 12.1. The van der Waals surface area contributed by atoms with E-state index >= 15 is 0 Å². The van der Waals surface area contributed by atoms with Crippen molar-refractivity contribution < 1.29 is 9.90 Å². The second-order valence-electron chi connectivity index (χ2n) is 4.96. The van der Waals surface area contributed by atoms with E-state index in [0.717, 1.165) is 22.6 Å². The molecule has 1 amide bonds. The third-order valence-electron chi connectivity index (χ3n) is 3.35. The molecule has 1 aromatic heterocycles. The number of anilines is 1. The van der Waals surface area contributed by atoms with Gasteiger partial charge in [-0.05, 0) is 29.8 Å². The van der Waals surface area contributed by atoms with Crippen molar-refractivity contribution in [2.45, 2.75) is 6.54 Å². The number of thiazole rings is 1. The van der Waals surface area contributed by atoms with Crippen LogP contribution in [0.4, 0.5) is 5.69 Å². The fourth-order valence-corrected chi connectivity index (χ4v) is 2.76. The summed E-state index contributed by atoms with van der Waals surface area (Å²) in [5, 5.41) is 13.8. The second-order valence-corrected chi connectivity index (χ2v) is 5.78. The van der Waals surface area contributed by atoms with Crippen LogP contribution in [-0.2, 0) is 6.54 Å². The first-order valence-corrected chi connectivity index (χ1v) is 7.84. The molecular formula is C17H14N2O3S. The topological polar surface area (TPSA) is 71.3 Å². The van der Waals surface area contributed by atoms with E-state index in [2.05, 4.69) is 5.32 Å². The summed E-state index contributed by atoms with van der Waals surface area (Å²) in [5.41, 5.74) is 2.09. The van der Waals surface area contributed by atoms with Gasteiger partial charge in [0.15, 0.2) is 0 Å². The highest BCUT2D eigenvalue weighted by molar-refractivity contribution is 7.07. The number of amides is 1. The zero-order chi connectivity index (χ0) is 16.2. The van der Waals surface area contributed by atoms with E-state index in [-0.39, 0.29) is 23.2 Å². The van der Waals surface area contributed by atoms with Crippen molar-refractivity contribution in [3.63, 3.8) is 0 Å². The average Bonchev–Trinajstić information content (AvgIpc) is 2.88. The average molecular weight is 326 g/mol. The van der Waals surface area contributed by atoms with Gasteiger partial charge in [0.25, 0.3) is 5.91 Å². The minimum Gasteiger partial charge on any atom is -0.494 e. The Balaban J connectivity index is 1.72. The molecule has 0 aliphatic carbocycles. The Morgan fingerprint density at radius 2 is 1.78 bits per heavy atom. The molecule has 2 N–H and O–H groups in total. The fourth-order valence-electron chi connectivity index (χ4n) is 2.14. The Morgan fingerprint density at radius 1 is 1.09 bits per heavy atom. The number of aromatic hydroxyl groups is 1. The van der Waals surface area contributed by atoms with E-state index in [9.17, 15) is 14.7 Å². The molecule has 3 aromatic rings. The van der Waals surface area contributed by atoms with Gasteiger partial charge >= 0.3 is 4.87 Å². The first-order valence-electron chi connectivity index (χ1n) is 6.96. The minimum absolute atomic E-state index is 0.0501. The molecule has 0 aliphatic rings. The molecule has 116 valence electrons. The molecule has 0 radical (unpaired) electrons. The van der Waals surface area contributed by atoms with E-state index in [1.54, 1.807) is 24.3 Å². The van der Waals surface area contributed by atoms with Crippen LogP contribution >= 0.6 is 11.3 Å². The van der Waals surface area contributed by atoms with Crippen LogP contribution in [0, 0.1) is 0 Å². The van der Waals surface area contributed by atoms with E-state index < -0.39 is 0 Å². The van der Waals surface area contributed by atoms with E-state index in [1.807, 2.05) is 30.3 Å². The van der Waals surface area contributed by atoms with Gasteiger partial charge < -0.3 is 10.4 Å². The molecule has 0 aliphatic heterocycles. The third kappa shape index (κ3) is 3.49. The molecule has 0 unspecified atom stereocenters. The van der Waals surface area contributed by atoms with Crippen molar-refractivity contribution in [3.05, 3.63) is 80.8 Å². The summed E-state index contributed by atoms with van der Waals surface area (Å²) >= 11 is 0.953. The highest BCUT2D eigenvalue weighted by atomic mass is 32.1. The molecule has 0 fully saturated rings. The highest BCUT2D eigenvalue weighted by Gasteiger charge is 2.08. The van der Waals surface area contributed by atoms with E-state index in [0.29, 0.717) is 5.56 Å². The zero-order valence-electron chi connectivity index (χ0n) is 12.1. The van der Waals surface area contributed by atoms with Gasteiger partial charge in [-0.15, -0.1) is 0 Å². The number of nitrogens with zero attached hydrogens (tertiary/aromatic N) is 1. The fraction of sp³-hybridized carbons (Fsp3) is 0.0588. The van der Waals surface area contributed by atoms with Gasteiger partial charge in [-0.2, -0.15) is 0 Å². The van der Waals surface area contributed by atoms with Crippen molar-refractivity contribution in [2.75, 3.05) is 5.32 Å². The molecule has 23 heavy (non-hydrogen) atoms. The summed E-state index contributed by atoms with van der Waals surface area (Å²) in [4.78, 5) is 23.5. The van der Waals surface area contributed by atoms with Crippen LogP contribution in [0.1, 0.15) is 15.9 Å². The SMILES string of the molecule is O=C(Nc1ccccc1)c1ccc(Cn2c(O)csc2=O)cc1. The predicted molar refractivity (Wildman–Crippen MR) is 90.2 cm³/mol. The van der Waals surface area contributed by atoms with Gasteiger partial charge in [0.1, 0.15) is 0 Å². The van der Waals surface area contributed by atoms with Crippen molar-refractivity contribution in [2.24, 2.45) is 0 Å². The first kappa shape index (κ1) is 15.1. The number of para-hydroxylation sites is 1. The van der Waals surface area contributed by atoms with Crippen LogP contribution in [0.3, 0.4) is 0 Å². The van der Waals surface area contributed by atoms with Gasteiger partial charge in [0.2, 0.25) is 5.88 Å². The maximum Gasteiger partial charge on any atom is 0.310 e. The van der Waals surface area contributed by atoms with Gasteiger partial charge in [-0.3, -0.25) is 14.2 Å². The van der Waals surface area contributed by atoms with Crippen LogP contribution in [0.2, 0.25) is 0 Å². The molecule has 1 heterocycles. The number of hydrogen-bond donors (Lipinski definition) is 2. The number of carbonyl (C=O) groups excluding carboxylic acids is 1. The van der Waals surface area contributed by atoms with Gasteiger partial charge in [-0.1, -0.05) is 41.7 Å². The highest BCUT2D eigenvalue weighted by Crippen LogP contribution is 2.14. The number of hydrogen-bond acceptors (Lipinski definition) is 4. The second kappa shape index (κ2) is 6.50. The molecule has 0 bridgehead atoms. The Bertz CT molecular complexity index is 867. The Kier molecular flexibility index (Phi) is 4.25. The zero-order valence-corrected chi connectivity index (χ0v) is 12.9. The summed E-state index contributed by atoms with van der Waals surface area (Å²) < 4.78 is 1.28. The lowest BCUT2D eigenvalue weighted by atomic mass is 10.1. The lowest BCUT2D eigenvalue weighted by Crippen LogP contribution is -2.14. The molecule has 0 atom stereocenters. The van der Waals surface area contributed by atoms with Gasteiger partial charge in [0, 0.05) is 11.3 Å². The standard InChI is InChI=1S/C17H14N2O3S/c20-15-11-23-17(22)19(15)10-12-6-8-13(9-7-12)16(21)18-14-4-2-1-3-5-14/h1-9,11,20H,10H2,(H,18,21). The number of rotatable bonds is 4. The molecule has 0 saturated carbocycles. The van der Waals surface area contributed by atoms with Crippen LogP contribution < -0.4 is 10.2 Å².